The van der Waals surface area contributed by atoms with Crippen molar-refractivity contribution < 1.29 is 23.1 Å². The molecule has 0 aliphatic rings. The van der Waals surface area contributed by atoms with Crippen molar-refractivity contribution in [2.24, 2.45) is 5.73 Å². The highest BCUT2D eigenvalue weighted by atomic mass is 32.1. The average molecular weight is 429 g/mol. The third-order valence-corrected chi connectivity index (χ3v) is 4.78. The molecule has 0 saturated heterocycles. The number of carbonyl (C=O) groups is 2. The van der Waals surface area contributed by atoms with Crippen LogP contribution in [0.25, 0.3) is 6.08 Å². The van der Waals surface area contributed by atoms with Crippen LogP contribution >= 0.6 is 11.3 Å². The molecule has 0 aliphatic heterocycles. The molecule has 0 aliphatic carbocycles. The van der Waals surface area contributed by atoms with E-state index in [1.165, 1.54) is 23.5 Å². The summed E-state index contributed by atoms with van der Waals surface area (Å²) in [6.45, 7) is 2.18. The predicted molar refractivity (Wildman–Crippen MR) is 110 cm³/mol. The van der Waals surface area contributed by atoms with E-state index >= 15 is 0 Å². The number of amides is 2. The number of aryl methyl sites for hydroxylation is 1. The number of primary amides is 1. The van der Waals surface area contributed by atoms with Crippen LogP contribution in [0, 0.1) is 18.6 Å². The second kappa shape index (κ2) is 9.27. The normalized spacial score (nSPS) is 10.9. The largest absolute Gasteiger partial charge is 0.487 e. The van der Waals surface area contributed by atoms with Gasteiger partial charge in [-0.1, -0.05) is 18.2 Å². The first-order chi connectivity index (χ1) is 14.3. The summed E-state index contributed by atoms with van der Waals surface area (Å²) < 4.78 is 33.2. The first kappa shape index (κ1) is 21.1. The molecule has 0 spiro atoms. The van der Waals surface area contributed by atoms with Gasteiger partial charge in [0.1, 0.15) is 24.0 Å². The van der Waals surface area contributed by atoms with Crippen molar-refractivity contribution in [3.8, 4) is 5.75 Å². The molecule has 0 bridgehead atoms. The molecule has 0 atom stereocenters. The van der Waals surface area contributed by atoms with Crippen LogP contribution in [0.2, 0.25) is 0 Å². The minimum atomic E-state index is -1.10. The van der Waals surface area contributed by atoms with Gasteiger partial charge in [0, 0.05) is 23.1 Å². The predicted octanol–water partition coefficient (Wildman–Crippen LogP) is 4.06. The third-order valence-electron chi connectivity index (χ3n) is 3.96. The van der Waals surface area contributed by atoms with E-state index in [1.54, 1.807) is 24.3 Å². The first-order valence-electron chi connectivity index (χ1n) is 8.74. The fourth-order valence-electron chi connectivity index (χ4n) is 2.55. The van der Waals surface area contributed by atoms with Crippen molar-refractivity contribution in [1.82, 2.24) is 4.98 Å². The Morgan fingerprint density at radius 2 is 2.00 bits per heavy atom. The maximum absolute atomic E-state index is 13.9. The molecule has 2 aromatic carbocycles. The highest BCUT2D eigenvalue weighted by molar-refractivity contribution is 7.09. The lowest BCUT2D eigenvalue weighted by molar-refractivity contribution is -0.111. The molecule has 0 unspecified atom stereocenters. The molecular weight excluding hydrogens is 412 g/mol. The van der Waals surface area contributed by atoms with Crippen molar-refractivity contribution in [3.63, 3.8) is 0 Å². The van der Waals surface area contributed by atoms with E-state index in [0.717, 1.165) is 16.8 Å². The van der Waals surface area contributed by atoms with Gasteiger partial charge in [-0.25, -0.2) is 13.8 Å². The van der Waals surface area contributed by atoms with Gasteiger partial charge in [-0.05, 0) is 25.1 Å². The van der Waals surface area contributed by atoms with Gasteiger partial charge in [0.2, 0.25) is 5.91 Å². The second-order valence-corrected chi connectivity index (χ2v) is 7.25. The number of nitrogens with two attached hydrogens (primary N) is 1. The number of rotatable bonds is 7. The number of thiazole rings is 1. The Labute approximate surface area is 175 Å². The third kappa shape index (κ3) is 5.26. The summed E-state index contributed by atoms with van der Waals surface area (Å²) in [7, 11) is 0. The number of anilines is 1. The number of para-hydroxylation sites is 1. The number of hydrogen-bond acceptors (Lipinski definition) is 5. The Bertz CT molecular complexity index is 1130. The van der Waals surface area contributed by atoms with Gasteiger partial charge in [-0.2, -0.15) is 0 Å². The Morgan fingerprint density at radius 3 is 2.70 bits per heavy atom. The van der Waals surface area contributed by atoms with E-state index in [1.807, 2.05) is 12.3 Å². The van der Waals surface area contributed by atoms with E-state index in [9.17, 15) is 18.4 Å². The van der Waals surface area contributed by atoms with Crippen molar-refractivity contribution in [2.45, 2.75) is 13.5 Å². The monoisotopic (exact) mass is 429 g/mol. The summed E-state index contributed by atoms with van der Waals surface area (Å²) in [5.41, 5.74) is 5.58. The SMILES string of the molecule is Cc1nc(COc2ccccc2/C=C/C(=O)Nc2cc(C(N)=O)c(F)cc2F)cs1. The van der Waals surface area contributed by atoms with Gasteiger partial charge < -0.3 is 15.8 Å². The molecule has 0 radical (unpaired) electrons. The molecule has 1 heterocycles. The van der Waals surface area contributed by atoms with Crippen LogP contribution in [0.1, 0.15) is 26.6 Å². The summed E-state index contributed by atoms with van der Waals surface area (Å²) in [5, 5.41) is 5.10. The molecule has 0 fully saturated rings. The fraction of sp³-hybridized carbons (Fsp3) is 0.0952. The van der Waals surface area contributed by atoms with Gasteiger partial charge in [-0.15, -0.1) is 11.3 Å². The maximum Gasteiger partial charge on any atom is 0.251 e. The molecule has 0 saturated carbocycles. The van der Waals surface area contributed by atoms with E-state index < -0.39 is 29.0 Å². The average Bonchev–Trinajstić information content (AvgIpc) is 3.12. The molecule has 1 aromatic heterocycles. The number of nitrogens with one attached hydrogen (secondary N) is 1. The summed E-state index contributed by atoms with van der Waals surface area (Å²) in [5.74, 6) is -3.34. The van der Waals surface area contributed by atoms with Crippen LogP contribution in [0.4, 0.5) is 14.5 Å². The smallest absolute Gasteiger partial charge is 0.251 e. The summed E-state index contributed by atoms with van der Waals surface area (Å²) in [6.07, 6.45) is 2.66. The van der Waals surface area contributed by atoms with Crippen LogP contribution in [0.15, 0.2) is 47.9 Å². The number of halogens is 2. The summed E-state index contributed by atoms with van der Waals surface area (Å²) in [4.78, 5) is 27.7. The van der Waals surface area contributed by atoms with Crippen molar-refractivity contribution in [2.75, 3.05) is 5.32 Å². The van der Waals surface area contributed by atoms with Crippen molar-refractivity contribution >= 4 is 34.9 Å². The zero-order valence-corrected chi connectivity index (χ0v) is 16.6. The molecule has 3 rings (SSSR count). The zero-order chi connectivity index (χ0) is 21.7. The van der Waals surface area contributed by atoms with Gasteiger partial charge >= 0.3 is 0 Å². The molecule has 3 N–H and O–H groups in total. The summed E-state index contributed by atoms with van der Waals surface area (Å²) in [6, 6.07) is 8.40. The molecular formula is C21H17F2N3O3S. The first-order valence-corrected chi connectivity index (χ1v) is 9.62. The number of carbonyl (C=O) groups excluding carboxylic acids is 2. The quantitative estimate of drug-likeness (QED) is 0.554. The number of hydrogen-bond donors (Lipinski definition) is 2. The Hall–Kier alpha value is -3.59. The van der Waals surface area contributed by atoms with Crippen LogP contribution in [0.3, 0.4) is 0 Å². The highest BCUT2D eigenvalue weighted by Gasteiger charge is 2.15. The zero-order valence-electron chi connectivity index (χ0n) is 15.8. The number of ether oxygens (including phenoxy) is 1. The minimum Gasteiger partial charge on any atom is -0.487 e. The lowest BCUT2D eigenvalue weighted by Gasteiger charge is -2.08. The lowest BCUT2D eigenvalue weighted by atomic mass is 10.1. The van der Waals surface area contributed by atoms with E-state index in [4.69, 9.17) is 10.5 Å². The fourth-order valence-corrected chi connectivity index (χ4v) is 3.15. The Morgan fingerprint density at radius 1 is 1.23 bits per heavy atom. The molecule has 3 aromatic rings. The van der Waals surface area contributed by atoms with Gasteiger partial charge in [-0.3, -0.25) is 9.59 Å². The van der Waals surface area contributed by atoms with Crippen LogP contribution in [0.5, 0.6) is 5.75 Å². The highest BCUT2D eigenvalue weighted by Crippen LogP contribution is 2.22. The minimum absolute atomic E-state index is 0.276. The van der Waals surface area contributed by atoms with E-state index in [0.29, 0.717) is 17.4 Å². The molecule has 6 nitrogen and oxygen atoms in total. The van der Waals surface area contributed by atoms with Crippen molar-refractivity contribution in [3.05, 3.63) is 81.3 Å². The molecule has 154 valence electrons. The maximum atomic E-state index is 13.9. The molecule has 30 heavy (non-hydrogen) atoms. The van der Waals surface area contributed by atoms with Crippen LogP contribution < -0.4 is 15.8 Å². The van der Waals surface area contributed by atoms with Crippen LogP contribution in [-0.2, 0) is 11.4 Å². The standard InChI is InChI=1S/C21H17F2N3O3S/c1-12-25-14(11-30-12)10-29-19-5-3-2-4-13(19)6-7-20(27)26-18-8-15(21(24)28)16(22)9-17(18)23/h2-9,11H,10H2,1H3,(H2,24,28)(H,26,27)/b7-6+. The molecule has 9 heteroatoms. The second-order valence-electron chi connectivity index (χ2n) is 6.18. The Balaban J connectivity index is 1.71. The van der Waals surface area contributed by atoms with Gasteiger partial charge in [0.15, 0.2) is 0 Å². The topological polar surface area (TPSA) is 94.3 Å². The summed E-state index contributed by atoms with van der Waals surface area (Å²) >= 11 is 1.52. The lowest BCUT2D eigenvalue weighted by Crippen LogP contribution is -2.16. The van der Waals surface area contributed by atoms with Gasteiger partial charge in [0.05, 0.1) is 22.0 Å². The van der Waals surface area contributed by atoms with Crippen LogP contribution in [-0.4, -0.2) is 16.8 Å². The number of nitrogens with zero attached hydrogens (tertiary/aromatic N) is 1. The van der Waals surface area contributed by atoms with Crippen molar-refractivity contribution in [1.29, 1.82) is 0 Å². The number of aromatic nitrogens is 1. The Kier molecular flexibility index (Phi) is 6.53. The molecule has 2 amide bonds. The number of benzene rings is 2. The van der Waals surface area contributed by atoms with E-state index in [-0.39, 0.29) is 12.3 Å². The van der Waals surface area contributed by atoms with Gasteiger partial charge in [0.25, 0.3) is 5.91 Å². The van der Waals surface area contributed by atoms with E-state index in [2.05, 4.69) is 10.3 Å².